The van der Waals surface area contributed by atoms with E-state index in [1.807, 2.05) is 0 Å². The molecule has 0 aliphatic rings. The summed E-state index contributed by atoms with van der Waals surface area (Å²) in [4.78, 5) is 12.2. The molecule has 0 amide bonds. The largest absolute Gasteiger partial charge is 0.461 e. The lowest BCUT2D eigenvalue weighted by atomic mass is 10.0. The van der Waals surface area contributed by atoms with Crippen LogP contribution in [0.2, 0.25) is 0 Å². The van der Waals surface area contributed by atoms with E-state index in [-0.39, 0.29) is 6.92 Å². The summed E-state index contributed by atoms with van der Waals surface area (Å²) in [7, 11) is 0. The highest BCUT2D eigenvalue weighted by molar-refractivity contribution is 5.77. The van der Waals surface area contributed by atoms with Crippen molar-refractivity contribution in [1.82, 2.24) is 0 Å². The van der Waals surface area contributed by atoms with Crippen molar-refractivity contribution in [3.05, 3.63) is 0 Å². The van der Waals surface area contributed by atoms with E-state index in [2.05, 4.69) is 14.2 Å². The van der Waals surface area contributed by atoms with Gasteiger partial charge in [0.05, 0.1) is 26.2 Å². The molecule has 0 aliphatic heterocycles. The van der Waals surface area contributed by atoms with Gasteiger partial charge in [0.1, 0.15) is 0 Å². The van der Waals surface area contributed by atoms with E-state index in [0.29, 0.717) is 0 Å². The average Bonchev–Trinajstić information content (AvgIpc) is 2.85. The smallest absolute Gasteiger partial charge is 0.460 e. The Hall–Kier alpha value is -2.29. The molecule has 0 fully saturated rings. The van der Waals surface area contributed by atoms with Gasteiger partial charge in [-0.25, -0.2) is 4.79 Å². The van der Waals surface area contributed by atoms with Gasteiger partial charge in [-0.15, -0.1) is 0 Å². The average molecular weight is 790 g/mol. The maximum atomic E-state index is 13.8. The number of ether oxygens (including phenoxy) is 3. The fourth-order valence-corrected chi connectivity index (χ4v) is 2.92. The number of hydrogen-bond acceptors (Lipinski definition) is 4. The van der Waals surface area contributed by atoms with Crippen LogP contribution in [0.3, 0.4) is 0 Å². The molecule has 294 valence electrons. The van der Waals surface area contributed by atoms with Crippen LogP contribution in [0, 0.1) is 0 Å². The molecule has 0 heterocycles. The molecule has 0 aromatic carbocycles. The van der Waals surface area contributed by atoms with Crippen LogP contribution in [-0.4, -0.2) is 97.2 Å². The zero-order chi connectivity index (χ0) is 39.9. The van der Waals surface area contributed by atoms with Crippen molar-refractivity contribution in [2.75, 3.05) is 19.8 Å². The number of halogens is 24. The molecule has 0 radical (unpaired) electrons. The van der Waals surface area contributed by atoms with E-state index in [4.69, 9.17) is 0 Å². The summed E-state index contributed by atoms with van der Waals surface area (Å²) in [6.07, 6.45) is -23.4. The summed E-state index contributed by atoms with van der Waals surface area (Å²) in [5, 5.41) is 0. The Morgan fingerprint density at radius 1 is 0.408 bits per heavy atom. The summed E-state index contributed by atoms with van der Waals surface area (Å²) in [5.74, 6) is -67.1. The zero-order valence-electron chi connectivity index (χ0n) is 23.4. The van der Waals surface area contributed by atoms with Gasteiger partial charge in [-0.1, -0.05) is 0 Å². The molecule has 4 nitrogen and oxygen atoms in total. The van der Waals surface area contributed by atoms with Crippen molar-refractivity contribution in [1.29, 1.82) is 0 Å². The quantitative estimate of drug-likeness (QED) is 0.0790. The van der Waals surface area contributed by atoms with Crippen molar-refractivity contribution < 1.29 is 124 Å². The lowest BCUT2D eigenvalue weighted by Gasteiger charge is -2.35. The lowest BCUT2D eigenvalue weighted by molar-refractivity contribution is -0.398. The third-order valence-electron chi connectivity index (χ3n) is 6.04. The summed E-state index contributed by atoms with van der Waals surface area (Å²) in [5.41, 5.74) is 0. The van der Waals surface area contributed by atoms with E-state index in [9.17, 15) is 110 Å². The van der Waals surface area contributed by atoms with Crippen molar-refractivity contribution in [3.8, 4) is 0 Å². The van der Waals surface area contributed by atoms with Crippen LogP contribution in [-0.2, 0) is 19.0 Å². The maximum absolute atomic E-state index is 13.8. The normalized spacial score (nSPS) is 16.9. The minimum absolute atomic E-state index is 0.175. The van der Waals surface area contributed by atoms with Crippen LogP contribution in [0.15, 0.2) is 0 Å². The number of carbonyl (C=O) groups is 1. The highest BCUT2D eigenvalue weighted by atomic mass is 19.4. The number of esters is 1. The number of carbonyl (C=O) groups excluding carboxylic acids is 1. The fraction of sp³-hybridized carbons (Fsp3) is 0.952. The Morgan fingerprint density at radius 3 is 0.939 bits per heavy atom. The van der Waals surface area contributed by atoms with Gasteiger partial charge in [-0.05, 0) is 0 Å². The third kappa shape index (κ3) is 8.96. The van der Waals surface area contributed by atoms with Crippen molar-refractivity contribution in [2.24, 2.45) is 0 Å². The van der Waals surface area contributed by atoms with Gasteiger partial charge in [0.2, 0.25) is 0 Å². The molecule has 0 bridgehead atoms. The maximum Gasteiger partial charge on any atom is 0.460 e. The minimum Gasteiger partial charge on any atom is -0.461 e. The van der Waals surface area contributed by atoms with Gasteiger partial charge in [-0.2, -0.15) is 105 Å². The predicted molar refractivity (Wildman–Crippen MR) is 107 cm³/mol. The van der Waals surface area contributed by atoms with Crippen LogP contribution in [0.4, 0.5) is 105 Å². The highest BCUT2D eigenvalue weighted by Gasteiger charge is 2.82. The van der Waals surface area contributed by atoms with Gasteiger partial charge in [-0.3, -0.25) is 0 Å². The van der Waals surface area contributed by atoms with Crippen molar-refractivity contribution in [3.63, 3.8) is 0 Å². The highest BCUT2D eigenvalue weighted by Crippen LogP contribution is 2.55. The van der Waals surface area contributed by atoms with Gasteiger partial charge < -0.3 is 14.2 Å². The number of alkyl halides is 24. The standard InChI is InChI=1S/C21H18F24O4/c1-10(48-7-4-12(24,25)15(30,31)11(2,22)23,49-8-5-14(28,29)17(34,35)19(38,39)21(43,44)45)9(46)47-6-3-13(26,27)16(32,33)18(36,37)20(40,41)42/h3-8H2,1-2H3. The first-order chi connectivity index (χ1) is 21.0. The van der Waals surface area contributed by atoms with Crippen LogP contribution in [0.25, 0.3) is 0 Å². The second kappa shape index (κ2) is 13.7. The van der Waals surface area contributed by atoms with Gasteiger partial charge in [0, 0.05) is 26.7 Å². The van der Waals surface area contributed by atoms with Crippen LogP contribution >= 0.6 is 0 Å². The van der Waals surface area contributed by atoms with E-state index < -0.39 is 123 Å². The molecule has 28 heteroatoms. The molecule has 0 saturated heterocycles. The summed E-state index contributed by atoms with van der Waals surface area (Å²) in [6.45, 7) is -8.12. The second-order valence-corrected chi connectivity index (χ2v) is 9.90. The van der Waals surface area contributed by atoms with E-state index in [1.165, 1.54) is 0 Å². The SMILES string of the molecule is CC(OCCC(F)(F)C(F)(F)C(C)(F)F)(OCCC(F)(F)C(F)(F)C(F)(F)C(F)(F)F)C(=O)OCCC(F)(F)C(F)(F)C(F)(F)C(F)(F)F. The second-order valence-electron chi connectivity index (χ2n) is 9.90. The molecule has 0 rings (SSSR count). The molecule has 0 N–H and O–H groups in total. The Balaban J connectivity index is 6.24. The summed E-state index contributed by atoms with van der Waals surface area (Å²) >= 11 is 0. The molecule has 0 aromatic heterocycles. The van der Waals surface area contributed by atoms with Crippen molar-refractivity contribution in [2.45, 2.75) is 105 Å². The summed E-state index contributed by atoms with van der Waals surface area (Å²) < 4.78 is 326. The topological polar surface area (TPSA) is 44.8 Å². The first kappa shape index (κ1) is 46.7. The number of hydrogen-bond donors (Lipinski definition) is 0. The van der Waals surface area contributed by atoms with Crippen LogP contribution in [0.1, 0.15) is 33.1 Å². The molecule has 0 aromatic rings. The van der Waals surface area contributed by atoms with E-state index in [0.717, 1.165) is 0 Å². The van der Waals surface area contributed by atoms with Crippen LogP contribution in [0.5, 0.6) is 0 Å². The van der Waals surface area contributed by atoms with Crippen molar-refractivity contribution >= 4 is 5.97 Å². The van der Waals surface area contributed by atoms with E-state index in [1.54, 1.807) is 0 Å². The Morgan fingerprint density at radius 2 is 0.673 bits per heavy atom. The molecule has 0 aliphatic carbocycles. The minimum atomic E-state index is -7.50. The molecule has 49 heavy (non-hydrogen) atoms. The Bertz CT molecular complexity index is 1120. The molecular formula is C21H18F24O4. The Labute approximate surface area is 256 Å². The van der Waals surface area contributed by atoms with E-state index >= 15 is 0 Å². The molecule has 0 spiro atoms. The third-order valence-corrected chi connectivity index (χ3v) is 6.04. The molecule has 0 saturated carbocycles. The monoisotopic (exact) mass is 790 g/mol. The summed E-state index contributed by atoms with van der Waals surface area (Å²) in [6, 6.07) is 0. The first-order valence-electron chi connectivity index (χ1n) is 12.0. The number of rotatable bonds is 18. The van der Waals surface area contributed by atoms with Gasteiger partial charge in [0.15, 0.2) is 0 Å². The fourth-order valence-electron chi connectivity index (χ4n) is 2.92. The Kier molecular flexibility index (Phi) is 13.0. The van der Waals surface area contributed by atoms with Gasteiger partial charge in [0.25, 0.3) is 5.79 Å². The molecule has 1 atom stereocenters. The first-order valence-corrected chi connectivity index (χ1v) is 12.0. The predicted octanol–water partition coefficient (Wildman–Crippen LogP) is 9.31. The molecular weight excluding hydrogens is 772 g/mol. The lowest BCUT2D eigenvalue weighted by Crippen LogP contribution is -2.61. The zero-order valence-corrected chi connectivity index (χ0v) is 23.4. The van der Waals surface area contributed by atoms with Crippen LogP contribution < -0.4 is 0 Å². The molecule has 1 unspecified atom stereocenters. The van der Waals surface area contributed by atoms with Gasteiger partial charge >= 0.3 is 71.6 Å².